The van der Waals surface area contributed by atoms with Crippen LogP contribution in [0.3, 0.4) is 0 Å². The molecule has 3 rings (SSSR count). The Kier molecular flexibility index (Phi) is 3.60. The SMILES string of the molecule is CC(C)S(=O)(=O)N1CCC(c2n[nH]c3c2COCC3)C1. The molecule has 7 heteroatoms. The van der Waals surface area contributed by atoms with Crippen molar-refractivity contribution >= 4 is 10.0 Å². The van der Waals surface area contributed by atoms with Crippen LogP contribution in [0.15, 0.2) is 0 Å². The normalized spacial score (nSPS) is 24.2. The number of nitrogens with one attached hydrogen (secondary N) is 1. The summed E-state index contributed by atoms with van der Waals surface area (Å²) in [5.74, 6) is 0.185. The molecule has 1 N–H and O–H groups in total. The van der Waals surface area contributed by atoms with Gasteiger partial charge in [-0.2, -0.15) is 5.10 Å². The molecule has 2 aliphatic rings. The van der Waals surface area contributed by atoms with E-state index in [0.29, 0.717) is 19.7 Å². The van der Waals surface area contributed by atoms with Gasteiger partial charge in [-0.25, -0.2) is 12.7 Å². The number of hydrogen-bond donors (Lipinski definition) is 1. The molecule has 1 saturated heterocycles. The maximum Gasteiger partial charge on any atom is 0.216 e. The van der Waals surface area contributed by atoms with E-state index in [4.69, 9.17) is 4.74 Å². The molecule has 0 aromatic carbocycles. The molecule has 1 fully saturated rings. The minimum Gasteiger partial charge on any atom is -0.376 e. The van der Waals surface area contributed by atoms with E-state index in [1.54, 1.807) is 18.2 Å². The summed E-state index contributed by atoms with van der Waals surface area (Å²) in [6.45, 7) is 5.91. The molecule has 1 aromatic heterocycles. The largest absolute Gasteiger partial charge is 0.376 e. The zero-order chi connectivity index (χ0) is 14.3. The van der Waals surface area contributed by atoms with Gasteiger partial charge in [-0.05, 0) is 20.3 Å². The Balaban J connectivity index is 1.80. The van der Waals surface area contributed by atoms with E-state index >= 15 is 0 Å². The average Bonchev–Trinajstić information content (AvgIpc) is 3.04. The third-order valence-corrected chi connectivity index (χ3v) is 6.46. The summed E-state index contributed by atoms with van der Waals surface area (Å²) in [6.07, 6.45) is 1.70. The Bertz CT molecular complexity index is 594. The van der Waals surface area contributed by atoms with Crippen molar-refractivity contribution in [3.05, 3.63) is 17.0 Å². The minimum atomic E-state index is -3.16. The van der Waals surface area contributed by atoms with Gasteiger partial charge in [-0.15, -0.1) is 0 Å². The zero-order valence-corrected chi connectivity index (χ0v) is 12.7. The summed E-state index contributed by atoms with van der Waals surface area (Å²) < 4.78 is 31.5. The van der Waals surface area contributed by atoms with Crippen LogP contribution < -0.4 is 0 Å². The van der Waals surface area contributed by atoms with Crippen molar-refractivity contribution in [2.75, 3.05) is 19.7 Å². The molecule has 0 bridgehead atoms. The number of aromatic nitrogens is 2. The fourth-order valence-corrected chi connectivity index (χ4v) is 4.30. The van der Waals surface area contributed by atoms with E-state index in [0.717, 1.165) is 36.4 Å². The van der Waals surface area contributed by atoms with Gasteiger partial charge in [0.25, 0.3) is 0 Å². The highest BCUT2D eigenvalue weighted by Gasteiger charge is 2.36. The van der Waals surface area contributed by atoms with Crippen molar-refractivity contribution in [3.63, 3.8) is 0 Å². The first-order chi connectivity index (χ1) is 9.50. The second kappa shape index (κ2) is 5.13. The Labute approximate surface area is 119 Å². The number of nitrogens with zero attached hydrogens (tertiary/aromatic N) is 2. The van der Waals surface area contributed by atoms with E-state index < -0.39 is 10.0 Å². The first kappa shape index (κ1) is 14.0. The summed E-state index contributed by atoms with van der Waals surface area (Å²) in [5.41, 5.74) is 3.29. The smallest absolute Gasteiger partial charge is 0.216 e. The summed E-state index contributed by atoms with van der Waals surface area (Å²) in [7, 11) is -3.16. The van der Waals surface area contributed by atoms with E-state index in [9.17, 15) is 8.42 Å². The summed E-state index contributed by atoms with van der Waals surface area (Å²) in [4.78, 5) is 0. The lowest BCUT2D eigenvalue weighted by Gasteiger charge is -2.19. The molecule has 20 heavy (non-hydrogen) atoms. The van der Waals surface area contributed by atoms with Crippen LogP contribution >= 0.6 is 0 Å². The number of aromatic amines is 1. The molecular weight excluding hydrogens is 278 g/mol. The molecule has 0 aliphatic carbocycles. The molecule has 0 radical (unpaired) electrons. The van der Waals surface area contributed by atoms with Crippen molar-refractivity contribution in [1.82, 2.24) is 14.5 Å². The van der Waals surface area contributed by atoms with Crippen LogP contribution in [0.1, 0.15) is 43.1 Å². The number of ether oxygens (including phenoxy) is 1. The average molecular weight is 299 g/mol. The van der Waals surface area contributed by atoms with Crippen molar-refractivity contribution in [2.24, 2.45) is 0 Å². The molecule has 0 amide bonds. The first-order valence-corrected chi connectivity index (χ1v) is 8.63. The lowest BCUT2D eigenvalue weighted by molar-refractivity contribution is 0.109. The van der Waals surface area contributed by atoms with Gasteiger partial charge in [0, 0.05) is 36.7 Å². The van der Waals surface area contributed by atoms with Crippen LogP contribution in [0.2, 0.25) is 0 Å². The standard InChI is InChI=1S/C13H21N3O3S/c1-9(2)20(17,18)16-5-3-10(7-16)13-11-8-19-6-4-12(11)14-15-13/h9-10H,3-8H2,1-2H3,(H,14,15). The van der Waals surface area contributed by atoms with Gasteiger partial charge in [0.15, 0.2) is 0 Å². The zero-order valence-electron chi connectivity index (χ0n) is 11.9. The molecule has 1 aromatic rings. The number of fused-ring (bicyclic) bond motifs is 1. The highest BCUT2D eigenvalue weighted by atomic mass is 32.2. The molecule has 0 saturated carbocycles. The Morgan fingerprint density at radius 1 is 1.45 bits per heavy atom. The molecule has 0 spiro atoms. The molecule has 112 valence electrons. The van der Waals surface area contributed by atoms with E-state index in [1.807, 2.05) is 0 Å². The van der Waals surface area contributed by atoms with Gasteiger partial charge in [0.2, 0.25) is 10.0 Å². The molecule has 1 atom stereocenters. The molecular formula is C13H21N3O3S. The predicted octanol–water partition coefficient (Wildman–Crippen LogP) is 1.01. The van der Waals surface area contributed by atoms with Gasteiger partial charge in [0.1, 0.15) is 0 Å². The van der Waals surface area contributed by atoms with Crippen LogP contribution in [0.25, 0.3) is 0 Å². The van der Waals surface area contributed by atoms with Gasteiger partial charge < -0.3 is 4.74 Å². The van der Waals surface area contributed by atoms with Crippen molar-refractivity contribution in [1.29, 1.82) is 0 Å². The summed E-state index contributed by atoms with van der Waals surface area (Å²) in [5, 5.41) is 7.13. The van der Waals surface area contributed by atoms with E-state index in [-0.39, 0.29) is 11.2 Å². The molecule has 3 heterocycles. The lowest BCUT2D eigenvalue weighted by Crippen LogP contribution is -2.34. The van der Waals surface area contributed by atoms with Crippen LogP contribution in [0.5, 0.6) is 0 Å². The Morgan fingerprint density at radius 3 is 3.00 bits per heavy atom. The predicted molar refractivity (Wildman–Crippen MR) is 74.9 cm³/mol. The second-order valence-corrected chi connectivity index (χ2v) is 8.30. The number of hydrogen-bond acceptors (Lipinski definition) is 4. The fourth-order valence-electron chi connectivity index (χ4n) is 2.95. The Morgan fingerprint density at radius 2 is 2.25 bits per heavy atom. The van der Waals surface area contributed by atoms with E-state index in [2.05, 4.69) is 10.2 Å². The van der Waals surface area contributed by atoms with Crippen LogP contribution in [-0.2, 0) is 27.8 Å². The molecule has 6 nitrogen and oxygen atoms in total. The third kappa shape index (κ3) is 2.27. The van der Waals surface area contributed by atoms with Crippen LogP contribution in [-0.4, -0.2) is 47.9 Å². The van der Waals surface area contributed by atoms with Gasteiger partial charge in [0.05, 0.1) is 24.2 Å². The molecule has 2 aliphatic heterocycles. The third-order valence-electron chi connectivity index (χ3n) is 4.22. The summed E-state index contributed by atoms with van der Waals surface area (Å²) >= 11 is 0. The van der Waals surface area contributed by atoms with Gasteiger partial charge in [-0.3, -0.25) is 5.10 Å². The minimum absolute atomic E-state index is 0.185. The maximum absolute atomic E-state index is 12.2. The fraction of sp³-hybridized carbons (Fsp3) is 0.769. The Hall–Kier alpha value is -0.920. The monoisotopic (exact) mass is 299 g/mol. The lowest BCUT2D eigenvalue weighted by atomic mass is 9.98. The number of rotatable bonds is 3. The maximum atomic E-state index is 12.2. The van der Waals surface area contributed by atoms with Crippen LogP contribution in [0, 0.1) is 0 Å². The number of H-pyrrole nitrogens is 1. The number of sulfonamides is 1. The van der Waals surface area contributed by atoms with Crippen LogP contribution in [0.4, 0.5) is 0 Å². The second-order valence-electron chi connectivity index (χ2n) is 5.81. The van der Waals surface area contributed by atoms with E-state index in [1.165, 1.54) is 0 Å². The first-order valence-electron chi connectivity index (χ1n) is 7.13. The highest BCUT2D eigenvalue weighted by molar-refractivity contribution is 7.89. The topological polar surface area (TPSA) is 75.3 Å². The quantitative estimate of drug-likeness (QED) is 0.904. The van der Waals surface area contributed by atoms with Crippen molar-refractivity contribution in [3.8, 4) is 0 Å². The van der Waals surface area contributed by atoms with Gasteiger partial charge >= 0.3 is 0 Å². The highest BCUT2D eigenvalue weighted by Crippen LogP contribution is 2.33. The van der Waals surface area contributed by atoms with Crippen molar-refractivity contribution in [2.45, 2.75) is 44.5 Å². The summed E-state index contributed by atoms with van der Waals surface area (Å²) in [6, 6.07) is 0. The van der Waals surface area contributed by atoms with Crippen molar-refractivity contribution < 1.29 is 13.2 Å². The van der Waals surface area contributed by atoms with Gasteiger partial charge in [-0.1, -0.05) is 0 Å². The molecule has 1 unspecified atom stereocenters.